The average Bonchev–Trinajstić information content (AvgIpc) is 1.92. The predicted molar refractivity (Wildman–Crippen MR) is 30.4 cm³/mol. The fraction of sp³-hybridized carbons (Fsp3) is 0. The molecule has 0 saturated heterocycles. The van der Waals surface area contributed by atoms with E-state index >= 15 is 0 Å². The second-order valence-electron chi connectivity index (χ2n) is 0.298. The maximum Gasteiger partial charge on any atom is 4.00 e. The van der Waals surface area contributed by atoms with Crippen molar-refractivity contribution < 1.29 is 63.7 Å². The summed E-state index contributed by atoms with van der Waals surface area (Å²) >= 11 is 0. The maximum absolute atomic E-state index is 8.35. The van der Waals surface area contributed by atoms with Gasteiger partial charge in [-0.1, -0.05) is 0 Å². The van der Waals surface area contributed by atoms with E-state index in [4.69, 9.17) is 37.8 Å². The van der Waals surface area contributed by atoms with E-state index in [1.54, 1.807) is 0 Å². The standard InChI is InChI=1S/Hf.4HO2P/c;4*1-3-2/h;4*(H,1,2)/q+4;;;;/p-4. The molecule has 0 atom stereocenters. The van der Waals surface area contributed by atoms with Gasteiger partial charge in [-0.05, 0) is 0 Å². The minimum absolute atomic E-state index is 0. The van der Waals surface area contributed by atoms with Gasteiger partial charge in [0.2, 0.25) is 0 Å². The summed E-state index contributed by atoms with van der Waals surface area (Å²) < 4.78 is 33.4. The van der Waals surface area contributed by atoms with Crippen molar-refractivity contribution in [3.8, 4) is 0 Å². The molecule has 0 fully saturated rings. The average molecular weight is 430 g/mol. The first-order valence-electron chi connectivity index (χ1n) is 1.46. The Morgan fingerprint density at radius 3 is 0.538 bits per heavy atom. The summed E-state index contributed by atoms with van der Waals surface area (Å²) in [7, 11) is -4.33. The molecular formula is HfO8P4. The molecule has 0 amide bonds. The molecule has 0 aliphatic rings. The summed E-state index contributed by atoms with van der Waals surface area (Å²) in [4.78, 5) is 33.4. The Bertz CT molecular complexity index is 70.1. The van der Waals surface area contributed by atoms with Gasteiger partial charge in [-0.25, -0.2) is 0 Å². The SMILES string of the molecule is O=P[O-].O=P[O-].O=P[O-].O=P[O-].[Hf+4]. The molecule has 0 aromatic rings. The molecule has 8 nitrogen and oxygen atoms in total. The first-order chi connectivity index (χ1) is 5.66. The molecule has 0 N–H and O–H groups in total. The Labute approximate surface area is 98.3 Å². The zero-order valence-corrected chi connectivity index (χ0v) is 12.7. The van der Waals surface area contributed by atoms with Crippen LogP contribution in [0.5, 0.6) is 0 Å². The summed E-state index contributed by atoms with van der Waals surface area (Å²) in [6.45, 7) is 0. The molecule has 0 radical (unpaired) electrons. The Morgan fingerprint density at radius 1 is 0.538 bits per heavy atom. The van der Waals surface area contributed by atoms with Crippen molar-refractivity contribution in [1.29, 1.82) is 0 Å². The quantitative estimate of drug-likeness (QED) is 0.322. The molecule has 0 saturated carbocycles. The molecule has 0 unspecified atom stereocenters. The fourth-order valence-corrected chi connectivity index (χ4v) is 0. The molecule has 0 aliphatic heterocycles. The van der Waals surface area contributed by atoms with Crippen molar-refractivity contribution in [2.24, 2.45) is 0 Å². The van der Waals surface area contributed by atoms with Crippen LogP contribution >= 0.6 is 34.7 Å². The fourth-order valence-electron chi connectivity index (χ4n) is 0. The zero-order chi connectivity index (χ0) is 10.8. The van der Waals surface area contributed by atoms with Gasteiger partial charge in [0.15, 0.2) is 0 Å². The van der Waals surface area contributed by atoms with E-state index in [9.17, 15) is 0 Å². The monoisotopic (exact) mass is 432 g/mol. The molecule has 0 heterocycles. The van der Waals surface area contributed by atoms with Crippen LogP contribution in [-0.2, 0) is 44.1 Å². The summed E-state index contributed by atoms with van der Waals surface area (Å²) in [6, 6.07) is 0. The van der Waals surface area contributed by atoms with Gasteiger partial charge in [0.1, 0.15) is 0 Å². The Hall–Kier alpha value is 1.11. The molecule has 0 rings (SSSR count). The van der Waals surface area contributed by atoms with Crippen LogP contribution in [0.25, 0.3) is 0 Å². The topological polar surface area (TPSA) is 161 Å². The van der Waals surface area contributed by atoms with Crippen LogP contribution in [0.15, 0.2) is 0 Å². The van der Waals surface area contributed by atoms with E-state index < -0.39 is 34.7 Å². The van der Waals surface area contributed by atoms with Gasteiger partial charge in [0, 0.05) is 0 Å². The first-order valence-corrected chi connectivity index (χ1v) is 4.38. The zero-order valence-electron chi connectivity index (χ0n) is 5.55. The molecule has 0 bridgehead atoms. The molecule has 0 spiro atoms. The summed E-state index contributed by atoms with van der Waals surface area (Å²) in [5.74, 6) is 0. The van der Waals surface area contributed by atoms with Crippen LogP contribution in [0.3, 0.4) is 0 Å². The largest absolute Gasteiger partial charge is 4.00 e. The Morgan fingerprint density at radius 2 is 0.538 bits per heavy atom. The van der Waals surface area contributed by atoms with E-state index in [0.29, 0.717) is 0 Å². The predicted octanol–water partition coefficient (Wildman–Crippen LogP) is -1.79. The number of hydrogen-bond donors (Lipinski definition) is 0. The third-order valence-electron chi connectivity index (χ3n) is 0. The van der Waals surface area contributed by atoms with Gasteiger partial charge in [-0.15, -0.1) is 0 Å². The van der Waals surface area contributed by atoms with E-state index in [1.807, 2.05) is 0 Å². The minimum atomic E-state index is -1.08. The van der Waals surface area contributed by atoms with Crippen LogP contribution < -0.4 is 19.6 Å². The molecule has 0 aromatic heterocycles. The second kappa shape index (κ2) is 73.6. The van der Waals surface area contributed by atoms with E-state index in [-0.39, 0.29) is 25.8 Å². The summed E-state index contributed by atoms with van der Waals surface area (Å²) in [5.41, 5.74) is 0. The van der Waals surface area contributed by atoms with Crippen LogP contribution in [0, 0.1) is 0 Å². The van der Waals surface area contributed by atoms with E-state index in [2.05, 4.69) is 0 Å². The van der Waals surface area contributed by atoms with Crippen LogP contribution in [0.1, 0.15) is 0 Å². The van der Waals surface area contributed by atoms with E-state index in [0.717, 1.165) is 0 Å². The van der Waals surface area contributed by atoms with Crippen LogP contribution in [-0.4, -0.2) is 0 Å². The van der Waals surface area contributed by atoms with Gasteiger partial charge in [0.05, 0.1) is 34.7 Å². The normalized spacial score (nSPS) is 6.46. The first kappa shape index (κ1) is 29.2. The van der Waals surface area contributed by atoms with Crippen molar-refractivity contribution in [2.75, 3.05) is 0 Å². The van der Waals surface area contributed by atoms with Gasteiger partial charge in [0.25, 0.3) is 0 Å². The van der Waals surface area contributed by atoms with Crippen molar-refractivity contribution >= 4 is 34.7 Å². The van der Waals surface area contributed by atoms with Gasteiger partial charge in [-0.2, -0.15) is 0 Å². The molecule has 0 aromatic carbocycles. The second-order valence-corrected chi connectivity index (χ2v) is 0.894. The van der Waals surface area contributed by atoms with Gasteiger partial charge in [-0.3, -0.25) is 18.3 Å². The molecule has 72 valence electrons. The molecule has 0 aliphatic carbocycles. The van der Waals surface area contributed by atoms with Crippen molar-refractivity contribution in [2.45, 2.75) is 0 Å². The van der Waals surface area contributed by atoms with Gasteiger partial charge < -0.3 is 19.6 Å². The number of rotatable bonds is 0. The Balaban J connectivity index is -0.0000000213. The van der Waals surface area contributed by atoms with Crippen LogP contribution in [0.4, 0.5) is 0 Å². The number of hydrogen-bond acceptors (Lipinski definition) is 8. The van der Waals surface area contributed by atoms with E-state index in [1.165, 1.54) is 0 Å². The minimum Gasteiger partial charge on any atom is -0.772 e. The van der Waals surface area contributed by atoms with Crippen molar-refractivity contribution in [1.82, 2.24) is 0 Å². The van der Waals surface area contributed by atoms with Crippen molar-refractivity contribution in [3.05, 3.63) is 0 Å². The van der Waals surface area contributed by atoms with Gasteiger partial charge >= 0.3 is 25.8 Å². The van der Waals surface area contributed by atoms with Crippen LogP contribution in [0.2, 0.25) is 0 Å². The maximum atomic E-state index is 8.35. The third kappa shape index (κ3) is 1310. The smallest absolute Gasteiger partial charge is 0.772 e. The summed E-state index contributed by atoms with van der Waals surface area (Å²) in [5, 5.41) is 0. The van der Waals surface area contributed by atoms with Crippen molar-refractivity contribution in [3.63, 3.8) is 0 Å². The summed E-state index contributed by atoms with van der Waals surface area (Å²) in [6.07, 6.45) is 0. The Kier molecular flexibility index (Phi) is 165. The molecular weight excluding hydrogens is 430 g/mol. The molecule has 13 heavy (non-hydrogen) atoms. The third-order valence-corrected chi connectivity index (χ3v) is 0. The molecule has 13 heteroatoms.